The van der Waals surface area contributed by atoms with Gasteiger partial charge in [-0.1, -0.05) is 153 Å². The lowest BCUT2D eigenvalue weighted by atomic mass is 9.86. The monoisotopic (exact) mass is 688 g/mol. The van der Waals surface area contributed by atoms with E-state index in [1.165, 1.54) is 43.8 Å². The van der Waals surface area contributed by atoms with Crippen molar-refractivity contribution in [2.75, 3.05) is 10.2 Å². The van der Waals surface area contributed by atoms with Crippen LogP contribution in [-0.2, 0) is 4.57 Å². The van der Waals surface area contributed by atoms with Crippen LogP contribution in [0.1, 0.15) is 20.3 Å². The Balaban J connectivity index is 1.14. The first-order valence-corrected chi connectivity index (χ1v) is 19.8. The van der Waals surface area contributed by atoms with Crippen molar-refractivity contribution in [3.8, 4) is 33.4 Å². The van der Waals surface area contributed by atoms with Gasteiger partial charge in [-0.05, 0) is 92.5 Å². The zero-order chi connectivity index (χ0) is 35.0. The second kappa shape index (κ2) is 11.6. The average molecular weight is 689 g/mol. The Kier molecular flexibility index (Phi) is 6.87. The van der Waals surface area contributed by atoms with Crippen LogP contribution in [0.15, 0.2) is 170 Å². The molecule has 0 aromatic heterocycles. The van der Waals surface area contributed by atoms with Crippen LogP contribution in [0.5, 0.6) is 0 Å². The van der Waals surface area contributed by atoms with E-state index in [9.17, 15) is 0 Å². The molecule has 2 unspecified atom stereocenters. The molecule has 2 heterocycles. The zero-order valence-electron chi connectivity index (χ0n) is 29.2. The van der Waals surface area contributed by atoms with Crippen molar-refractivity contribution in [2.24, 2.45) is 0 Å². The van der Waals surface area contributed by atoms with Crippen LogP contribution in [-0.4, -0.2) is 5.66 Å². The van der Waals surface area contributed by atoms with E-state index in [0.717, 1.165) is 50.5 Å². The standard InChI is InChI=1S/C48H37N2OP/c1-3-48(2)49-41-23-14-24-44-47(41)50(48)42-31-35(29-30-43(42)52(44,51)36-17-8-5-9-18-36)32-25-27-34(28-26-32)46-39-21-12-10-19-37(39)45(33-15-6-4-7-16-33)38-20-11-13-22-40(38)46/h4-31,49H,3H2,1-2H3. The Morgan fingerprint density at radius 3 is 1.65 bits per heavy atom. The van der Waals surface area contributed by atoms with Gasteiger partial charge in [-0.2, -0.15) is 0 Å². The van der Waals surface area contributed by atoms with Crippen molar-refractivity contribution in [3.05, 3.63) is 170 Å². The number of hydrogen-bond acceptors (Lipinski definition) is 3. The fourth-order valence-electron chi connectivity index (χ4n) is 8.73. The molecule has 10 rings (SSSR count). The molecule has 3 nitrogen and oxygen atoms in total. The number of para-hydroxylation sites is 1. The lowest BCUT2D eigenvalue weighted by molar-refractivity contribution is 0.522. The average Bonchev–Trinajstić information content (AvgIpc) is 3.52. The van der Waals surface area contributed by atoms with Gasteiger partial charge in [0.05, 0.1) is 17.1 Å². The summed E-state index contributed by atoms with van der Waals surface area (Å²) in [7, 11) is -3.15. The molecule has 2 atom stereocenters. The number of anilines is 3. The summed E-state index contributed by atoms with van der Waals surface area (Å²) in [6, 6.07) is 60.1. The molecule has 1 N–H and O–H groups in total. The number of fused-ring (bicyclic) bond motifs is 4. The van der Waals surface area contributed by atoms with Gasteiger partial charge >= 0.3 is 0 Å². The van der Waals surface area contributed by atoms with E-state index in [4.69, 9.17) is 0 Å². The van der Waals surface area contributed by atoms with E-state index < -0.39 is 7.14 Å². The van der Waals surface area contributed by atoms with Crippen LogP contribution in [0.3, 0.4) is 0 Å². The molecule has 2 aliphatic heterocycles. The van der Waals surface area contributed by atoms with Crippen molar-refractivity contribution in [3.63, 3.8) is 0 Å². The molecule has 0 aliphatic carbocycles. The van der Waals surface area contributed by atoms with E-state index in [1.54, 1.807) is 0 Å². The van der Waals surface area contributed by atoms with Gasteiger partial charge in [0, 0.05) is 15.9 Å². The minimum Gasteiger partial charge on any atom is -0.361 e. The summed E-state index contributed by atoms with van der Waals surface area (Å²) in [5, 5.41) is 11.5. The Bertz CT molecular complexity index is 2680. The molecule has 52 heavy (non-hydrogen) atoms. The molecule has 250 valence electrons. The Morgan fingerprint density at radius 1 is 0.538 bits per heavy atom. The molecule has 0 fully saturated rings. The largest absolute Gasteiger partial charge is 0.361 e. The van der Waals surface area contributed by atoms with E-state index in [-0.39, 0.29) is 5.66 Å². The first-order chi connectivity index (χ1) is 25.5. The molecular formula is C48H37N2OP. The van der Waals surface area contributed by atoms with Crippen molar-refractivity contribution >= 4 is 61.7 Å². The van der Waals surface area contributed by atoms with Crippen LogP contribution in [0, 0.1) is 0 Å². The van der Waals surface area contributed by atoms with Gasteiger partial charge < -0.3 is 14.8 Å². The topological polar surface area (TPSA) is 32.3 Å². The highest BCUT2D eigenvalue weighted by atomic mass is 31.2. The number of hydrogen-bond donors (Lipinski definition) is 1. The minimum atomic E-state index is -3.15. The number of nitrogens with one attached hydrogen (secondary N) is 1. The summed E-state index contributed by atoms with van der Waals surface area (Å²) >= 11 is 0. The fourth-order valence-corrected chi connectivity index (χ4v) is 11.7. The van der Waals surface area contributed by atoms with Gasteiger partial charge in [0.2, 0.25) is 0 Å². The third kappa shape index (κ3) is 4.36. The van der Waals surface area contributed by atoms with Gasteiger partial charge in [-0.15, -0.1) is 0 Å². The van der Waals surface area contributed by atoms with Crippen LogP contribution >= 0.6 is 7.14 Å². The first-order valence-electron chi connectivity index (χ1n) is 18.1. The van der Waals surface area contributed by atoms with Crippen LogP contribution in [0.25, 0.3) is 54.9 Å². The second-order valence-corrected chi connectivity index (χ2v) is 16.9. The lowest BCUT2D eigenvalue weighted by Gasteiger charge is -2.42. The molecule has 0 amide bonds. The van der Waals surface area contributed by atoms with Gasteiger partial charge in [-0.3, -0.25) is 0 Å². The summed E-state index contributed by atoms with van der Waals surface area (Å²) in [6.07, 6.45) is 0.875. The van der Waals surface area contributed by atoms with Crippen molar-refractivity contribution in [1.82, 2.24) is 0 Å². The SMILES string of the molecule is CCC1(C)Nc2cccc3c2N1c1cc(-c2ccc(-c4c5ccccc5c(-c5ccccc5)c5ccccc45)cc2)ccc1P3(=O)c1ccccc1. The van der Waals surface area contributed by atoms with E-state index in [1.807, 2.05) is 36.4 Å². The third-order valence-electron chi connectivity index (χ3n) is 11.3. The number of rotatable bonds is 5. The van der Waals surface area contributed by atoms with Crippen molar-refractivity contribution < 1.29 is 4.57 Å². The molecular weight excluding hydrogens is 652 g/mol. The van der Waals surface area contributed by atoms with Gasteiger partial charge in [0.1, 0.15) is 5.66 Å². The molecule has 8 aromatic rings. The lowest BCUT2D eigenvalue weighted by Crippen LogP contribution is -2.49. The summed E-state index contributed by atoms with van der Waals surface area (Å²) in [5.74, 6) is 0. The maximum absolute atomic E-state index is 15.6. The molecule has 2 aliphatic rings. The summed E-state index contributed by atoms with van der Waals surface area (Å²) in [6.45, 7) is 4.46. The fraction of sp³-hybridized carbons (Fsp3) is 0.0833. The normalized spacial score (nSPS) is 18.6. The summed E-state index contributed by atoms with van der Waals surface area (Å²) in [4.78, 5) is 2.41. The number of nitrogens with zero attached hydrogens (tertiary/aromatic N) is 1. The first kappa shape index (κ1) is 30.9. The van der Waals surface area contributed by atoms with Crippen LogP contribution in [0.4, 0.5) is 17.1 Å². The zero-order valence-corrected chi connectivity index (χ0v) is 30.1. The van der Waals surface area contributed by atoms with Crippen molar-refractivity contribution in [2.45, 2.75) is 25.9 Å². The van der Waals surface area contributed by atoms with Gasteiger partial charge in [0.25, 0.3) is 0 Å². The minimum absolute atomic E-state index is 0.356. The highest BCUT2D eigenvalue weighted by Gasteiger charge is 2.50. The highest BCUT2D eigenvalue weighted by Crippen LogP contribution is 2.59. The molecule has 0 spiro atoms. The Hall–Kier alpha value is -5.89. The molecule has 0 saturated carbocycles. The molecule has 0 bridgehead atoms. The Labute approximate surface area is 304 Å². The Morgan fingerprint density at radius 2 is 1.06 bits per heavy atom. The smallest absolute Gasteiger partial charge is 0.175 e. The third-order valence-corrected chi connectivity index (χ3v) is 14.5. The van der Waals surface area contributed by atoms with Crippen LogP contribution < -0.4 is 26.1 Å². The maximum atomic E-state index is 15.6. The van der Waals surface area contributed by atoms with Gasteiger partial charge in [-0.25, -0.2) is 0 Å². The molecule has 0 saturated heterocycles. The highest BCUT2D eigenvalue weighted by molar-refractivity contribution is 7.86. The van der Waals surface area contributed by atoms with Gasteiger partial charge in [0.15, 0.2) is 7.14 Å². The molecule has 0 radical (unpaired) electrons. The molecule has 8 aromatic carbocycles. The maximum Gasteiger partial charge on any atom is 0.175 e. The predicted octanol–water partition coefficient (Wildman–Crippen LogP) is 11.6. The quantitative estimate of drug-likeness (QED) is 0.144. The number of benzene rings is 8. The van der Waals surface area contributed by atoms with Crippen LogP contribution in [0.2, 0.25) is 0 Å². The second-order valence-electron chi connectivity index (χ2n) is 14.2. The van der Waals surface area contributed by atoms with E-state index in [0.29, 0.717) is 0 Å². The predicted molar refractivity (Wildman–Crippen MR) is 222 cm³/mol. The summed E-state index contributed by atoms with van der Waals surface area (Å²) < 4.78 is 15.6. The van der Waals surface area contributed by atoms with E-state index >= 15 is 4.57 Å². The van der Waals surface area contributed by atoms with E-state index in [2.05, 4.69) is 158 Å². The summed E-state index contributed by atoms with van der Waals surface area (Å²) in [5.41, 5.74) is 9.89. The van der Waals surface area contributed by atoms with Crippen molar-refractivity contribution in [1.29, 1.82) is 0 Å². The molecule has 4 heteroatoms.